The van der Waals surface area contributed by atoms with E-state index in [1.54, 1.807) is 0 Å². The second kappa shape index (κ2) is 6.11. The fourth-order valence-electron chi connectivity index (χ4n) is 1.17. The molecule has 1 amide bonds. The molecule has 15 heavy (non-hydrogen) atoms. The van der Waals surface area contributed by atoms with Crippen LogP contribution in [0, 0.1) is 11.3 Å². The topological polar surface area (TPSA) is 46.3 Å². The third-order valence-electron chi connectivity index (χ3n) is 2.55. The van der Waals surface area contributed by atoms with E-state index in [1.165, 1.54) is 0 Å². The number of nitrogens with two attached hydrogens (primary N) is 1. The van der Waals surface area contributed by atoms with Crippen LogP contribution in [-0.2, 0) is 4.79 Å². The average molecular weight is 214 g/mol. The summed E-state index contributed by atoms with van der Waals surface area (Å²) in [6.45, 7) is 9.99. The van der Waals surface area contributed by atoms with Gasteiger partial charge in [0, 0.05) is 20.0 Å². The van der Waals surface area contributed by atoms with E-state index in [0.29, 0.717) is 13.0 Å². The SMILES string of the molecule is CC(CN)CC(=O)N(C)CCC(C)(C)C. The highest BCUT2D eigenvalue weighted by Gasteiger charge is 2.15. The summed E-state index contributed by atoms with van der Waals surface area (Å²) in [5, 5.41) is 0. The van der Waals surface area contributed by atoms with Crippen molar-refractivity contribution >= 4 is 5.91 Å². The smallest absolute Gasteiger partial charge is 0.222 e. The number of hydrogen-bond donors (Lipinski definition) is 1. The molecule has 0 fully saturated rings. The van der Waals surface area contributed by atoms with Crippen LogP contribution >= 0.6 is 0 Å². The molecule has 0 aliphatic heterocycles. The summed E-state index contributed by atoms with van der Waals surface area (Å²) >= 11 is 0. The molecule has 90 valence electrons. The number of amides is 1. The minimum Gasteiger partial charge on any atom is -0.346 e. The van der Waals surface area contributed by atoms with Crippen molar-refractivity contribution in [2.45, 2.75) is 40.5 Å². The van der Waals surface area contributed by atoms with Crippen molar-refractivity contribution in [2.24, 2.45) is 17.1 Å². The minimum atomic E-state index is 0.206. The van der Waals surface area contributed by atoms with Crippen molar-refractivity contribution in [1.29, 1.82) is 0 Å². The monoisotopic (exact) mass is 214 g/mol. The van der Waals surface area contributed by atoms with E-state index in [1.807, 2.05) is 18.9 Å². The van der Waals surface area contributed by atoms with Gasteiger partial charge in [-0.25, -0.2) is 0 Å². The zero-order chi connectivity index (χ0) is 12.1. The Morgan fingerprint density at radius 2 is 1.93 bits per heavy atom. The maximum Gasteiger partial charge on any atom is 0.222 e. The van der Waals surface area contributed by atoms with Crippen molar-refractivity contribution in [3.63, 3.8) is 0 Å². The van der Waals surface area contributed by atoms with Gasteiger partial charge in [-0.1, -0.05) is 27.7 Å². The fourth-order valence-corrected chi connectivity index (χ4v) is 1.17. The highest BCUT2D eigenvalue weighted by atomic mass is 16.2. The lowest BCUT2D eigenvalue weighted by atomic mass is 9.92. The van der Waals surface area contributed by atoms with Gasteiger partial charge in [0.15, 0.2) is 0 Å². The quantitative estimate of drug-likeness (QED) is 0.759. The van der Waals surface area contributed by atoms with Crippen molar-refractivity contribution in [3.05, 3.63) is 0 Å². The summed E-state index contributed by atoms with van der Waals surface area (Å²) in [7, 11) is 1.87. The Kier molecular flexibility index (Phi) is 5.88. The Morgan fingerprint density at radius 3 is 2.33 bits per heavy atom. The normalized spacial score (nSPS) is 13.7. The standard InChI is InChI=1S/C12H26N2O/c1-10(9-13)8-11(15)14(5)7-6-12(2,3)4/h10H,6-9,13H2,1-5H3. The van der Waals surface area contributed by atoms with E-state index in [-0.39, 0.29) is 17.2 Å². The first-order chi connectivity index (χ1) is 6.76. The van der Waals surface area contributed by atoms with Gasteiger partial charge in [0.1, 0.15) is 0 Å². The number of carbonyl (C=O) groups excluding carboxylic acids is 1. The van der Waals surface area contributed by atoms with Crippen LogP contribution in [0.2, 0.25) is 0 Å². The highest BCUT2D eigenvalue weighted by molar-refractivity contribution is 5.76. The molecule has 0 bridgehead atoms. The van der Waals surface area contributed by atoms with Crippen LogP contribution in [0.15, 0.2) is 0 Å². The first kappa shape index (κ1) is 14.4. The van der Waals surface area contributed by atoms with E-state index in [0.717, 1.165) is 13.0 Å². The molecule has 3 heteroatoms. The lowest BCUT2D eigenvalue weighted by Gasteiger charge is -2.24. The Bertz CT molecular complexity index is 196. The molecular weight excluding hydrogens is 188 g/mol. The molecule has 0 aromatic rings. The van der Waals surface area contributed by atoms with Gasteiger partial charge < -0.3 is 10.6 Å². The van der Waals surface area contributed by atoms with E-state index in [9.17, 15) is 4.79 Å². The molecule has 0 radical (unpaired) electrons. The molecule has 0 aromatic heterocycles. The second-order valence-electron chi connectivity index (χ2n) is 5.67. The molecule has 0 spiro atoms. The molecule has 0 saturated carbocycles. The number of rotatable bonds is 5. The Balaban J connectivity index is 3.89. The third kappa shape index (κ3) is 7.37. The zero-order valence-electron chi connectivity index (χ0n) is 10.8. The van der Waals surface area contributed by atoms with Gasteiger partial charge >= 0.3 is 0 Å². The van der Waals surface area contributed by atoms with Crippen LogP contribution in [0.1, 0.15) is 40.5 Å². The Labute approximate surface area is 94.0 Å². The summed E-state index contributed by atoms with van der Waals surface area (Å²) in [5.74, 6) is 0.492. The van der Waals surface area contributed by atoms with Gasteiger partial charge in [-0.15, -0.1) is 0 Å². The van der Waals surface area contributed by atoms with Crippen LogP contribution in [0.4, 0.5) is 0 Å². The molecular formula is C12H26N2O. The summed E-state index contributed by atoms with van der Waals surface area (Å²) in [6.07, 6.45) is 1.60. The van der Waals surface area contributed by atoms with Crippen molar-refractivity contribution in [2.75, 3.05) is 20.1 Å². The van der Waals surface area contributed by atoms with Crippen LogP contribution in [-0.4, -0.2) is 30.9 Å². The van der Waals surface area contributed by atoms with Gasteiger partial charge in [-0.3, -0.25) is 4.79 Å². The number of nitrogens with zero attached hydrogens (tertiary/aromatic N) is 1. The molecule has 0 rings (SSSR count). The zero-order valence-corrected chi connectivity index (χ0v) is 10.8. The first-order valence-corrected chi connectivity index (χ1v) is 5.70. The molecule has 2 N–H and O–H groups in total. The van der Waals surface area contributed by atoms with Gasteiger partial charge in [0.2, 0.25) is 5.91 Å². The molecule has 0 heterocycles. The van der Waals surface area contributed by atoms with E-state index < -0.39 is 0 Å². The van der Waals surface area contributed by atoms with Gasteiger partial charge in [-0.2, -0.15) is 0 Å². The molecule has 1 atom stereocenters. The molecule has 3 nitrogen and oxygen atoms in total. The molecule has 0 saturated heterocycles. The maximum absolute atomic E-state index is 11.7. The molecule has 0 aliphatic carbocycles. The second-order valence-corrected chi connectivity index (χ2v) is 5.67. The number of carbonyl (C=O) groups is 1. The van der Waals surface area contributed by atoms with E-state index >= 15 is 0 Å². The van der Waals surface area contributed by atoms with Crippen LogP contribution in [0.25, 0.3) is 0 Å². The average Bonchev–Trinajstić information content (AvgIpc) is 2.12. The maximum atomic E-state index is 11.7. The number of hydrogen-bond acceptors (Lipinski definition) is 2. The summed E-state index contributed by atoms with van der Waals surface area (Å²) in [5.41, 5.74) is 5.78. The van der Waals surface area contributed by atoms with Gasteiger partial charge in [0.25, 0.3) is 0 Å². The molecule has 0 aromatic carbocycles. The third-order valence-corrected chi connectivity index (χ3v) is 2.55. The lowest BCUT2D eigenvalue weighted by Crippen LogP contribution is -2.32. The van der Waals surface area contributed by atoms with Crippen LogP contribution < -0.4 is 5.73 Å². The van der Waals surface area contributed by atoms with Crippen LogP contribution in [0.3, 0.4) is 0 Å². The Hall–Kier alpha value is -0.570. The first-order valence-electron chi connectivity index (χ1n) is 5.70. The van der Waals surface area contributed by atoms with Crippen molar-refractivity contribution in [3.8, 4) is 0 Å². The van der Waals surface area contributed by atoms with Crippen molar-refractivity contribution in [1.82, 2.24) is 4.90 Å². The van der Waals surface area contributed by atoms with Crippen molar-refractivity contribution < 1.29 is 4.79 Å². The van der Waals surface area contributed by atoms with E-state index in [4.69, 9.17) is 5.73 Å². The molecule has 0 aliphatic rings. The lowest BCUT2D eigenvalue weighted by molar-refractivity contribution is -0.130. The van der Waals surface area contributed by atoms with Crippen LogP contribution in [0.5, 0.6) is 0 Å². The highest BCUT2D eigenvalue weighted by Crippen LogP contribution is 2.18. The predicted octanol–water partition coefficient (Wildman–Crippen LogP) is 1.87. The van der Waals surface area contributed by atoms with E-state index in [2.05, 4.69) is 20.8 Å². The summed E-state index contributed by atoms with van der Waals surface area (Å²) < 4.78 is 0. The minimum absolute atomic E-state index is 0.206. The van der Waals surface area contributed by atoms with Gasteiger partial charge in [-0.05, 0) is 24.3 Å². The molecule has 1 unspecified atom stereocenters. The fraction of sp³-hybridized carbons (Fsp3) is 0.917. The van der Waals surface area contributed by atoms with Gasteiger partial charge in [0.05, 0.1) is 0 Å². The summed E-state index contributed by atoms with van der Waals surface area (Å²) in [6, 6.07) is 0. The largest absolute Gasteiger partial charge is 0.346 e. The predicted molar refractivity (Wildman–Crippen MR) is 64.5 cm³/mol. The summed E-state index contributed by atoms with van der Waals surface area (Å²) in [4.78, 5) is 13.5. The Morgan fingerprint density at radius 1 is 1.40 bits per heavy atom.